The Morgan fingerprint density at radius 2 is 1.92 bits per heavy atom. The van der Waals surface area contributed by atoms with E-state index in [1.165, 1.54) is 16.4 Å². The maximum absolute atomic E-state index is 12.4. The fraction of sp³-hybridized carbons (Fsp3) is 0.562. The zero-order chi connectivity index (χ0) is 17.0. The molecule has 1 fully saturated rings. The number of halogens is 1. The second kappa shape index (κ2) is 8.80. The van der Waals surface area contributed by atoms with Crippen LogP contribution in [0.4, 0.5) is 0 Å². The number of carbonyl (C=O) groups excluding carboxylic acids is 1. The van der Waals surface area contributed by atoms with Crippen molar-refractivity contribution in [2.24, 2.45) is 0 Å². The van der Waals surface area contributed by atoms with E-state index >= 15 is 0 Å². The van der Waals surface area contributed by atoms with Gasteiger partial charge in [0.25, 0.3) is 5.91 Å². The first kappa shape index (κ1) is 20.9. The molecule has 1 atom stereocenters. The van der Waals surface area contributed by atoms with Gasteiger partial charge in [-0.15, -0.1) is 12.4 Å². The average Bonchev–Trinajstić information content (AvgIpc) is 2.55. The summed E-state index contributed by atoms with van der Waals surface area (Å²) in [6.45, 7) is 5.40. The highest BCUT2D eigenvalue weighted by Gasteiger charge is 2.23. The molecule has 24 heavy (non-hydrogen) atoms. The summed E-state index contributed by atoms with van der Waals surface area (Å²) in [6, 6.07) is 6.11. The zero-order valence-electron chi connectivity index (χ0n) is 14.3. The van der Waals surface area contributed by atoms with E-state index in [1.54, 1.807) is 19.2 Å². The van der Waals surface area contributed by atoms with Crippen molar-refractivity contribution in [2.75, 3.05) is 20.1 Å². The molecule has 0 radical (unpaired) electrons. The first-order chi connectivity index (χ1) is 10.8. The van der Waals surface area contributed by atoms with Crippen molar-refractivity contribution in [1.29, 1.82) is 0 Å². The number of carbonyl (C=O) groups is 1. The lowest BCUT2D eigenvalue weighted by Crippen LogP contribution is -2.45. The third kappa shape index (κ3) is 4.92. The quantitative estimate of drug-likeness (QED) is 0.819. The summed E-state index contributed by atoms with van der Waals surface area (Å²) in [5, 5.41) is 6.22. The SMILES string of the molecule is CC(C)N(C)S(=O)(=O)c1ccc(C(=O)N[C@H]2CCCNC2)cc1.Cl. The summed E-state index contributed by atoms with van der Waals surface area (Å²) in [4.78, 5) is 12.4. The molecule has 1 aliphatic heterocycles. The molecule has 0 aliphatic carbocycles. The Bertz CT molecular complexity index is 641. The molecule has 1 aromatic carbocycles. The van der Waals surface area contributed by atoms with Gasteiger partial charge in [0.2, 0.25) is 10.0 Å². The average molecular weight is 376 g/mol. The smallest absolute Gasteiger partial charge is 0.251 e. The molecule has 0 spiro atoms. The first-order valence-electron chi connectivity index (χ1n) is 7.92. The van der Waals surface area contributed by atoms with E-state index < -0.39 is 10.0 Å². The molecule has 2 N–H and O–H groups in total. The molecular weight excluding hydrogens is 350 g/mol. The second-order valence-electron chi connectivity index (χ2n) is 6.16. The number of piperidine rings is 1. The number of hydrogen-bond donors (Lipinski definition) is 2. The molecule has 136 valence electrons. The van der Waals surface area contributed by atoms with E-state index in [-0.39, 0.29) is 35.3 Å². The van der Waals surface area contributed by atoms with Crippen molar-refractivity contribution >= 4 is 28.3 Å². The van der Waals surface area contributed by atoms with Crippen LogP contribution in [0.2, 0.25) is 0 Å². The van der Waals surface area contributed by atoms with Gasteiger partial charge in [-0.25, -0.2) is 8.42 Å². The molecule has 1 amide bonds. The Balaban J connectivity index is 0.00000288. The van der Waals surface area contributed by atoms with Crippen LogP contribution >= 0.6 is 12.4 Å². The number of benzene rings is 1. The lowest BCUT2D eigenvalue weighted by Gasteiger charge is -2.24. The third-order valence-corrected chi connectivity index (χ3v) is 6.20. The van der Waals surface area contributed by atoms with Gasteiger partial charge in [0.1, 0.15) is 0 Å². The summed E-state index contributed by atoms with van der Waals surface area (Å²) >= 11 is 0. The number of nitrogens with one attached hydrogen (secondary N) is 2. The molecule has 1 aromatic rings. The monoisotopic (exact) mass is 375 g/mol. The number of nitrogens with zero attached hydrogens (tertiary/aromatic N) is 1. The van der Waals surface area contributed by atoms with Gasteiger partial charge in [0.15, 0.2) is 0 Å². The first-order valence-corrected chi connectivity index (χ1v) is 9.36. The topological polar surface area (TPSA) is 78.5 Å². The van der Waals surface area contributed by atoms with Crippen LogP contribution in [0.25, 0.3) is 0 Å². The fourth-order valence-electron chi connectivity index (χ4n) is 2.47. The molecule has 2 rings (SSSR count). The predicted molar refractivity (Wildman–Crippen MR) is 97.1 cm³/mol. The molecule has 0 saturated carbocycles. The van der Waals surface area contributed by atoms with E-state index in [2.05, 4.69) is 10.6 Å². The van der Waals surface area contributed by atoms with Crippen LogP contribution in [-0.4, -0.2) is 50.9 Å². The molecule has 6 nitrogen and oxygen atoms in total. The Hall–Kier alpha value is -1.15. The molecule has 1 heterocycles. The van der Waals surface area contributed by atoms with Gasteiger partial charge in [-0.1, -0.05) is 0 Å². The minimum absolute atomic E-state index is 0. The van der Waals surface area contributed by atoms with Gasteiger partial charge in [0, 0.05) is 31.2 Å². The summed E-state index contributed by atoms with van der Waals surface area (Å²) in [7, 11) is -1.96. The minimum Gasteiger partial charge on any atom is -0.348 e. The van der Waals surface area contributed by atoms with Crippen molar-refractivity contribution in [2.45, 2.75) is 43.7 Å². The van der Waals surface area contributed by atoms with Crippen LogP contribution in [0, 0.1) is 0 Å². The molecule has 0 aromatic heterocycles. The molecule has 0 unspecified atom stereocenters. The molecule has 1 saturated heterocycles. The predicted octanol–water partition coefficient (Wildman–Crippen LogP) is 1.62. The van der Waals surface area contributed by atoms with Gasteiger partial charge in [-0.2, -0.15) is 4.31 Å². The number of amides is 1. The van der Waals surface area contributed by atoms with Crippen LogP contribution in [0.5, 0.6) is 0 Å². The molecule has 1 aliphatic rings. The standard InChI is InChI=1S/C16H25N3O3S.ClH/c1-12(2)19(3)23(21,22)15-8-6-13(7-9-15)16(20)18-14-5-4-10-17-11-14;/h6-9,12,14,17H,4-5,10-11H2,1-3H3,(H,18,20);1H/t14-;/m0./s1. The zero-order valence-corrected chi connectivity index (χ0v) is 15.9. The number of rotatable bonds is 5. The van der Waals surface area contributed by atoms with Gasteiger partial charge in [-0.05, 0) is 57.5 Å². The summed E-state index contributed by atoms with van der Waals surface area (Å²) in [5.41, 5.74) is 0.474. The van der Waals surface area contributed by atoms with Crippen LogP contribution in [-0.2, 0) is 10.0 Å². The normalized spacial score (nSPS) is 18.3. The fourth-order valence-corrected chi connectivity index (χ4v) is 3.83. The highest BCUT2D eigenvalue weighted by molar-refractivity contribution is 7.89. The van der Waals surface area contributed by atoms with E-state index in [0.29, 0.717) is 5.56 Å². The van der Waals surface area contributed by atoms with E-state index in [1.807, 2.05) is 13.8 Å². The Morgan fingerprint density at radius 3 is 2.42 bits per heavy atom. The van der Waals surface area contributed by atoms with Crippen LogP contribution in [0.15, 0.2) is 29.2 Å². The molecule has 8 heteroatoms. The van der Waals surface area contributed by atoms with Gasteiger partial charge < -0.3 is 10.6 Å². The number of hydrogen-bond acceptors (Lipinski definition) is 4. The lowest BCUT2D eigenvalue weighted by atomic mass is 10.1. The Morgan fingerprint density at radius 1 is 1.29 bits per heavy atom. The highest BCUT2D eigenvalue weighted by atomic mass is 35.5. The van der Waals surface area contributed by atoms with Gasteiger partial charge in [0.05, 0.1) is 4.90 Å². The van der Waals surface area contributed by atoms with E-state index in [4.69, 9.17) is 0 Å². The largest absolute Gasteiger partial charge is 0.348 e. The van der Waals surface area contributed by atoms with Crippen LogP contribution in [0.1, 0.15) is 37.0 Å². The second-order valence-corrected chi connectivity index (χ2v) is 8.15. The summed E-state index contributed by atoms with van der Waals surface area (Å²) < 4.78 is 26.1. The third-order valence-electron chi connectivity index (χ3n) is 4.15. The molecular formula is C16H26ClN3O3S. The van der Waals surface area contributed by atoms with Crippen molar-refractivity contribution < 1.29 is 13.2 Å². The highest BCUT2D eigenvalue weighted by Crippen LogP contribution is 2.17. The van der Waals surface area contributed by atoms with Crippen LogP contribution in [0.3, 0.4) is 0 Å². The summed E-state index contributed by atoms with van der Waals surface area (Å²) in [6.07, 6.45) is 2.01. The Kier molecular flexibility index (Phi) is 7.66. The molecule has 0 bridgehead atoms. The Labute approximate surface area is 150 Å². The van der Waals surface area contributed by atoms with E-state index in [9.17, 15) is 13.2 Å². The van der Waals surface area contributed by atoms with E-state index in [0.717, 1.165) is 25.9 Å². The van der Waals surface area contributed by atoms with Crippen molar-refractivity contribution in [3.63, 3.8) is 0 Å². The number of sulfonamides is 1. The van der Waals surface area contributed by atoms with Gasteiger partial charge in [-0.3, -0.25) is 4.79 Å². The lowest BCUT2D eigenvalue weighted by molar-refractivity contribution is 0.0930. The van der Waals surface area contributed by atoms with Crippen LogP contribution < -0.4 is 10.6 Å². The van der Waals surface area contributed by atoms with Crippen molar-refractivity contribution in [3.8, 4) is 0 Å². The maximum Gasteiger partial charge on any atom is 0.251 e. The minimum atomic E-state index is -3.52. The van der Waals surface area contributed by atoms with Gasteiger partial charge >= 0.3 is 0 Å². The van der Waals surface area contributed by atoms with Crippen molar-refractivity contribution in [1.82, 2.24) is 14.9 Å². The van der Waals surface area contributed by atoms with Crippen molar-refractivity contribution in [3.05, 3.63) is 29.8 Å². The summed E-state index contributed by atoms with van der Waals surface area (Å²) in [5.74, 6) is -0.167. The maximum atomic E-state index is 12.4.